The van der Waals surface area contributed by atoms with Crippen LogP contribution in [0, 0.1) is 18.3 Å². The quantitative estimate of drug-likeness (QED) is 0.171. The smallest absolute Gasteiger partial charge is 0.330 e. The zero-order chi connectivity index (χ0) is 29.0. The number of para-hydroxylation sites is 1. The number of hydrogen-bond acceptors (Lipinski definition) is 10. The van der Waals surface area contributed by atoms with Crippen LogP contribution >= 0.6 is 6.64 Å². The number of benzene rings is 1. The first-order valence-electron chi connectivity index (χ1n) is 12.1. The maximum absolute atomic E-state index is 12.8. The summed E-state index contributed by atoms with van der Waals surface area (Å²) in [6, 6.07) is 8.68. The van der Waals surface area contributed by atoms with E-state index >= 15 is 0 Å². The molecule has 0 amide bonds. The molecular formula is C25H32N3O9PS. The van der Waals surface area contributed by atoms with Crippen LogP contribution in [0.1, 0.15) is 33.9 Å². The minimum atomic E-state index is -3.54. The lowest BCUT2D eigenvalue weighted by atomic mass is 9.95. The molecule has 4 N–H and O–H groups in total. The van der Waals surface area contributed by atoms with E-state index in [1.807, 2.05) is 4.98 Å². The Balaban J connectivity index is 1.89. The number of esters is 1. The van der Waals surface area contributed by atoms with Gasteiger partial charge < -0.3 is 28.7 Å². The van der Waals surface area contributed by atoms with Gasteiger partial charge in [-0.2, -0.15) is 0 Å². The van der Waals surface area contributed by atoms with Gasteiger partial charge in [-0.3, -0.25) is 19.1 Å². The third-order valence-electron chi connectivity index (χ3n) is 5.77. The summed E-state index contributed by atoms with van der Waals surface area (Å²) in [4.78, 5) is 38.7. The Morgan fingerprint density at radius 1 is 1.28 bits per heavy atom. The second-order valence-corrected chi connectivity index (χ2v) is 12.6. The van der Waals surface area contributed by atoms with Crippen LogP contribution in [0.25, 0.3) is 0 Å². The Morgan fingerprint density at radius 2 is 1.95 bits per heavy atom. The van der Waals surface area contributed by atoms with Gasteiger partial charge in [0.2, 0.25) is 0 Å². The summed E-state index contributed by atoms with van der Waals surface area (Å²) in [5.74, 6) is 1.62. The summed E-state index contributed by atoms with van der Waals surface area (Å²) in [6.07, 6.45) is 1.67. The number of ether oxygens (including phenoxy) is 2. The van der Waals surface area contributed by atoms with Gasteiger partial charge in [0, 0.05) is 12.3 Å². The number of H-pyrrole nitrogens is 1. The summed E-state index contributed by atoms with van der Waals surface area (Å²) >= 11 is 5.74. The lowest BCUT2D eigenvalue weighted by Gasteiger charge is -2.31. The van der Waals surface area contributed by atoms with Crippen molar-refractivity contribution in [2.24, 2.45) is 5.92 Å². The summed E-state index contributed by atoms with van der Waals surface area (Å²) in [5.41, 5.74) is -3.93. The van der Waals surface area contributed by atoms with E-state index in [0.29, 0.717) is 5.75 Å². The second-order valence-electron chi connectivity index (χ2n) is 9.49. The first-order chi connectivity index (χ1) is 18.3. The minimum Gasteiger partial charge on any atom is -0.462 e. The van der Waals surface area contributed by atoms with Crippen LogP contribution in [-0.2, 0) is 30.6 Å². The number of aliphatic hydroxyl groups is 2. The highest BCUT2D eigenvalue weighted by Gasteiger charge is 2.56. The van der Waals surface area contributed by atoms with Crippen molar-refractivity contribution in [2.45, 2.75) is 63.9 Å². The lowest BCUT2D eigenvalue weighted by Crippen LogP contribution is -2.48. The number of nitrogens with zero attached hydrogens (tertiary/aromatic N) is 1. The van der Waals surface area contributed by atoms with Gasteiger partial charge in [-0.1, -0.05) is 38.0 Å². The van der Waals surface area contributed by atoms with Crippen molar-refractivity contribution in [1.82, 2.24) is 14.6 Å². The highest BCUT2D eigenvalue weighted by molar-refractivity contribution is 8.09. The van der Waals surface area contributed by atoms with E-state index < -0.39 is 60.5 Å². The average Bonchev–Trinajstić information content (AvgIpc) is 3.12. The Hall–Kier alpha value is -2.82. The molecule has 1 aliphatic rings. The fourth-order valence-electron chi connectivity index (χ4n) is 3.78. The molecule has 0 spiro atoms. The first-order valence-corrected chi connectivity index (χ1v) is 14.8. The van der Waals surface area contributed by atoms with Crippen LogP contribution in [0.3, 0.4) is 0 Å². The highest BCUT2D eigenvalue weighted by Crippen LogP contribution is 2.47. The molecule has 6 atom stereocenters. The molecular weight excluding hydrogens is 549 g/mol. The monoisotopic (exact) mass is 581 g/mol. The van der Waals surface area contributed by atoms with Crippen molar-refractivity contribution in [3.63, 3.8) is 0 Å². The van der Waals surface area contributed by atoms with Crippen LogP contribution in [0.5, 0.6) is 5.75 Å². The molecule has 1 saturated heterocycles. The molecule has 212 valence electrons. The summed E-state index contributed by atoms with van der Waals surface area (Å²) in [7, 11) is 0. The third-order valence-corrected chi connectivity index (χ3v) is 8.16. The van der Waals surface area contributed by atoms with Gasteiger partial charge in [-0.15, -0.1) is 6.42 Å². The third kappa shape index (κ3) is 7.23. The van der Waals surface area contributed by atoms with Gasteiger partial charge in [-0.05, 0) is 43.7 Å². The average molecular weight is 582 g/mol. The topological polar surface area (TPSA) is 161 Å². The van der Waals surface area contributed by atoms with E-state index in [1.165, 1.54) is 0 Å². The Bertz CT molecular complexity index is 1360. The number of aromatic amines is 1. The highest BCUT2D eigenvalue weighted by atomic mass is 32.5. The fraction of sp³-hybridized carbons (Fsp3) is 0.480. The molecule has 12 nitrogen and oxygen atoms in total. The van der Waals surface area contributed by atoms with Crippen LogP contribution in [-0.4, -0.2) is 62.3 Å². The predicted molar refractivity (Wildman–Crippen MR) is 145 cm³/mol. The number of terminal acetylenes is 1. The number of aromatic nitrogens is 2. The van der Waals surface area contributed by atoms with Gasteiger partial charge in [0.25, 0.3) is 5.56 Å². The molecule has 3 unspecified atom stereocenters. The number of rotatable bonds is 11. The molecule has 0 saturated carbocycles. The SMILES string of the molecule is C#C[C@]1(O)C(n2ccc(=O)[nH]c2=O)O[C@H](COP(=S)(NC(C(=O)OC(C)C)C(C)C)Oc2ccccc2)[C@H]1O. The van der Waals surface area contributed by atoms with Gasteiger partial charge >= 0.3 is 18.3 Å². The van der Waals surface area contributed by atoms with Crippen molar-refractivity contribution in [3.8, 4) is 18.1 Å². The van der Waals surface area contributed by atoms with Crippen LogP contribution in [0.2, 0.25) is 0 Å². The summed E-state index contributed by atoms with van der Waals surface area (Å²) in [6.45, 7) is 3.05. The van der Waals surface area contributed by atoms with Crippen LogP contribution in [0.15, 0.2) is 52.2 Å². The van der Waals surface area contributed by atoms with Gasteiger partial charge in [0.1, 0.15) is 24.0 Å². The van der Waals surface area contributed by atoms with Gasteiger partial charge in [0.05, 0.1) is 12.7 Å². The molecule has 2 aromatic rings. The number of aliphatic hydroxyl groups excluding tert-OH is 1. The normalized spacial score (nSPS) is 25.2. The largest absolute Gasteiger partial charge is 0.462 e. The van der Waals surface area contributed by atoms with Crippen LogP contribution in [0.4, 0.5) is 0 Å². The standard InChI is InChI=1S/C25H32N3O9PS/c1-6-25(33)21(30)18(36-23(25)28-13-12-19(29)26-24(28)32)14-34-38(39,37-17-10-8-7-9-11-17)27-20(15(2)3)22(31)35-16(4)5/h1,7-13,15-16,18,20-21,23,30,33H,14H2,2-5H3,(H,27,39)(H,26,29,32)/t18-,20?,21-,23?,25-,38?/m1/s1. The Morgan fingerprint density at radius 3 is 2.51 bits per heavy atom. The van der Waals surface area contributed by atoms with E-state index in [9.17, 15) is 24.6 Å². The van der Waals surface area contributed by atoms with E-state index in [-0.39, 0.29) is 12.0 Å². The van der Waals surface area contributed by atoms with Crippen molar-refractivity contribution in [2.75, 3.05) is 6.61 Å². The Labute approximate surface area is 230 Å². The van der Waals surface area contributed by atoms with E-state index in [2.05, 4.69) is 11.0 Å². The zero-order valence-corrected chi connectivity index (χ0v) is 23.6. The molecule has 1 aromatic heterocycles. The van der Waals surface area contributed by atoms with Gasteiger partial charge in [-0.25, -0.2) is 9.88 Å². The van der Waals surface area contributed by atoms with Crippen molar-refractivity contribution >= 4 is 24.4 Å². The number of hydrogen-bond donors (Lipinski definition) is 4. The molecule has 1 aromatic carbocycles. The van der Waals surface area contributed by atoms with Crippen molar-refractivity contribution < 1.29 is 33.5 Å². The molecule has 0 radical (unpaired) electrons. The molecule has 1 fully saturated rings. The van der Waals surface area contributed by atoms with Gasteiger partial charge in [0.15, 0.2) is 11.8 Å². The molecule has 0 aliphatic carbocycles. The first kappa shape index (κ1) is 30.7. The molecule has 0 bridgehead atoms. The summed E-state index contributed by atoms with van der Waals surface area (Å²) in [5, 5.41) is 24.9. The minimum absolute atomic E-state index is 0.266. The predicted octanol–water partition coefficient (Wildman–Crippen LogP) is 1.05. The zero-order valence-electron chi connectivity index (χ0n) is 21.8. The molecule has 2 heterocycles. The molecule has 14 heteroatoms. The maximum atomic E-state index is 12.8. The summed E-state index contributed by atoms with van der Waals surface area (Å²) < 4.78 is 24.0. The maximum Gasteiger partial charge on any atom is 0.330 e. The lowest BCUT2D eigenvalue weighted by molar-refractivity contribution is -0.150. The number of carbonyl (C=O) groups is 1. The fourth-order valence-corrected chi connectivity index (χ4v) is 6.23. The van der Waals surface area contributed by atoms with Crippen molar-refractivity contribution in [3.05, 3.63) is 63.4 Å². The molecule has 1 aliphatic heterocycles. The van der Waals surface area contributed by atoms with Crippen molar-refractivity contribution in [1.29, 1.82) is 0 Å². The number of carbonyl (C=O) groups excluding carboxylic acids is 1. The molecule has 39 heavy (non-hydrogen) atoms. The van der Waals surface area contributed by atoms with Crippen LogP contribution < -0.4 is 20.9 Å². The Kier molecular flexibility index (Phi) is 9.90. The molecule has 3 rings (SSSR count). The number of nitrogens with one attached hydrogen (secondary N) is 2. The van der Waals surface area contributed by atoms with E-state index in [4.69, 9.17) is 36.8 Å². The van der Waals surface area contributed by atoms with E-state index in [0.717, 1.165) is 16.8 Å². The van der Waals surface area contributed by atoms with E-state index in [1.54, 1.807) is 58.0 Å². The second kappa shape index (κ2) is 12.6.